The number of hydrogen-bond acceptors (Lipinski definition) is 3. The van der Waals surface area contributed by atoms with Crippen LogP contribution in [0.1, 0.15) is 48.3 Å². The third-order valence-corrected chi connectivity index (χ3v) is 4.64. The molecule has 1 saturated carbocycles. The first-order valence-electron chi connectivity index (χ1n) is 7.35. The number of thiophene rings is 1. The Kier molecular flexibility index (Phi) is 6.10. The predicted molar refractivity (Wildman–Crippen MR) is 83.3 cm³/mol. The summed E-state index contributed by atoms with van der Waals surface area (Å²) < 4.78 is 0. The molecule has 2 rings (SSSR count). The van der Waals surface area contributed by atoms with Crippen LogP contribution in [0.15, 0.2) is 12.1 Å². The van der Waals surface area contributed by atoms with Crippen molar-refractivity contribution in [2.24, 2.45) is 11.7 Å². The molecule has 0 saturated heterocycles. The molecule has 0 atom stereocenters. The average molecular weight is 290 g/mol. The van der Waals surface area contributed by atoms with Gasteiger partial charge in [-0.2, -0.15) is 0 Å². The van der Waals surface area contributed by atoms with Crippen molar-refractivity contribution in [3.63, 3.8) is 0 Å². The van der Waals surface area contributed by atoms with E-state index in [2.05, 4.69) is 17.2 Å². The first-order valence-corrected chi connectivity index (χ1v) is 8.16. The van der Waals surface area contributed by atoms with Crippen LogP contribution in [0.2, 0.25) is 0 Å². The molecular formula is C16H22N2OS. The van der Waals surface area contributed by atoms with E-state index in [4.69, 9.17) is 5.73 Å². The fourth-order valence-electron chi connectivity index (χ4n) is 2.54. The molecule has 1 amide bonds. The van der Waals surface area contributed by atoms with Crippen LogP contribution in [-0.4, -0.2) is 12.5 Å². The molecule has 3 N–H and O–H groups in total. The van der Waals surface area contributed by atoms with Gasteiger partial charge < -0.3 is 11.1 Å². The van der Waals surface area contributed by atoms with Gasteiger partial charge in [-0.3, -0.25) is 4.79 Å². The minimum atomic E-state index is 0.217. The quantitative estimate of drug-likeness (QED) is 0.664. The van der Waals surface area contributed by atoms with E-state index in [1.54, 1.807) is 11.3 Å². The van der Waals surface area contributed by atoms with Crippen molar-refractivity contribution in [3.05, 3.63) is 21.9 Å². The molecule has 0 radical (unpaired) electrons. The molecule has 0 unspecified atom stereocenters. The smallest absolute Gasteiger partial charge is 0.223 e. The zero-order valence-corrected chi connectivity index (χ0v) is 12.6. The summed E-state index contributed by atoms with van der Waals surface area (Å²) in [4.78, 5) is 14.3. The van der Waals surface area contributed by atoms with Crippen LogP contribution in [-0.2, 0) is 11.3 Å². The first-order chi connectivity index (χ1) is 9.79. The summed E-state index contributed by atoms with van der Waals surface area (Å²) >= 11 is 1.62. The molecule has 4 heteroatoms. The van der Waals surface area contributed by atoms with Crippen molar-refractivity contribution < 1.29 is 4.79 Å². The SMILES string of the molecule is NCC#Cc1ccc(CNC(=O)C2CCCCCC2)s1. The molecule has 0 bridgehead atoms. The molecule has 0 aromatic carbocycles. The molecule has 1 heterocycles. The van der Waals surface area contributed by atoms with Gasteiger partial charge in [-0.05, 0) is 25.0 Å². The molecule has 1 aliphatic rings. The number of amides is 1. The largest absolute Gasteiger partial charge is 0.351 e. The van der Waals surface area contributed by atoms with Crippen molar-refractivity contribution in [2.75, 3.05) is 6.54 Å². The minimum Gasteiger partial charge on any atom is -0.351 e. The molecule has 1 fully saturated rings. The number of rotatable bonds is 3. The zero-order valence-electron chi connectivity index (χ0n) is 11.8. The Labute approximate surface area is 124 Å². The highest BCUT2D eigenvalue weighted by molar-refractivity contribution is 7.12. The molecule has 0 spiro atoms. The molecular weight excluding hydrogens is 268 g/mol. The Morgan fingerprint density at radius 1 is 1.30 bits per heavy atom. The van der Waals surface area contributed by atoms with E-state index >= 15 is 0 Å². The summed E-state index contributed by atoms with van der Waals surface area (Å²) in [5.41, 5.74) is 5.35. The highest BCUT2D eigenvalue weighted by atomic mass is 32.1. The summed E-state index contributed by atoms with van der Waals surface area (Å²) in [5.74, 6) is 6.29. The number of carbonyl (C=O) groups excluding carboxylic acids is 1. The van der Waals surface area contributed by atoms with Crippen LogP contribution >= 0.6 is 11.3 Å². The number of carbonyl (C=O) groups is 1. The van der Waals surface area contributed by atoms with E-state index in [9.17, 15) is 4.79 Å². The standard InChI is InChI=1S/C16H22N2OS/c17-11-5-8-14-9-10-15(20-14)12-18-16(19)13-6-3-1-2-4-7-13/h9-10,13H,1-4,6-7,11-12,17H2,(H,18,19). The number of nitrogens with one attached hydrogen (secondary N) is 1. The molecule has 108 valence electrons. The van der Waals surface area contributed by atoms with Crippen LogP contribution in [0.5, 0.6) is 0 Å². The summed E-state index contributed by atoms with van der Waals surface area (Å²) in [6.45, 7) is 0.996. The Morgan fingerprint density at radius 3 is 2.75 bits per heavy atom. The lowest BCUT2D eigenvalue weighted by molar-refractivity contribution is -0.125. The van der Waals surface area contributed by atoms with E-state index in [1.807, 2.05) is 12.1 Å². The van der Waals surface area contributed by atoms with Gasteiger partial charge in [0.15, 0.2) is 0 Å². The van der Waals surface area contributed by atoms with E-state index in [1.165, 1.54) is 25.7 Å². The molecule has 1 aliphatic carbocycles. The zero-order chi connectivity index (χ0) is 14.2. The second kappa shape index (κ2) is 8.08. The van der Waals surface area contributed by atoms with Gasteiger partial charge >= 0.3 is 0 Å². The number of nitrogens with two attached hydrogens (primary N) is 1. The summed E-state index contributed by atoms with van der Waals surface area (Å²) in [7, 11) is 0. The highest BCUT2D eigenvalue weighted by Crippen LogP contribution is 2.23. The van der Waals surface area contributed by atoms with Crippen molar-refractivity contribution in [1.29, 1.82) is 0 Å². The monoisotopic (exact) mass is 290 g/mol. The lowest BCUT2D eigenvalue weighted by Gasteiger charge is -2.13. The van der Waals surface area contributed by atoms with Crippen LogP contribution in [0.3, 0.4) is 0 Å². The third-order valence-electron chi connectivity index (χ3n) is 3.64. The normalized spacial score (nSPS) is 16.1. The first kappa shape index (κ1) is 15.1. The molecule has 1 aromatic rings. The van der Waals surface area contributed by atoms with Crippen LogP contribution in [0, 0.1) is 17.8 Å². The average Bonchev–Trinajstić information content (AvgIpc) is 2.73. The number of hydrogen-bond donors (Lipinski definition) is 2. The molecule has 20 heavy (non-hydrogen) atoms. The van der Waals surface area contributed by atoms with Gasteiger partial charge in [-0.25, -0.2) is 0 Å². The van der Waals surface area contributed by atoms with Crippen LogP contribution in [0.4, 0.5) is 0 Å². The maximum Gasteiger partial charge on any atom is 0.223 e. The predicted octanol–water partition coefficient (Wildman–Crippen LogP) is 2.64. The fraction of sp³-hybridized carbons (Fsp3) is 0.562. The maximum absolute atomic E-state index is 12.2. The van der Waals surface area contributed by atoms with E-state index < -0.39 is 0 Å². The van der Waals surface area contributed by atoms with Crippen LogP contribution in [0.25, 0.3) is 0 Å². The third kappa shape index (κ3) is 4.66. The second-order valence-electron chi connectivity index (χ2n) is 5.18. The van der Waals surface area contributed by atoms with Crippen molar-refractivity contribution in [3.8, 4) is 11.8 Å². The van der Waals surface area contributed by atoms with Gasteiger partial charge in [0.1, 0.15) is 0 Å². The topological polar surface area (TPSA) is 55.1 Å². The van der Waals surface area contributed by atoms with Gasteiger partial charge in [0, 0.05) is 10.8 Å². The van der Waals surface area contributed by atoms with E-state index in [0.29, 0.717) is 13.1 Å². The Balaban J connectivity index is 1.81. The van der Waals surface area contributed by atoms with Crippen molar-refractivity contribution in [1.82, 2.24) is 5.32 Å². The van der Waals surface area contributed by atoms with E-state index in [-0.39, 0.29) is 11.8 Å². The Bertz CT molecular complexity index is 490. The lowest BCUT2D eigenvalue weighted by atomic mass is 9.99. The Morgan fingerprint density at radius 2 is 2.05 bits per heavy atom. The van der Waals surface area contributed by atoms with Gasteiger partial charge in [-0.15, -0.1) is 11.3 Å². The fourth-order valence-corrected chi connectivity index (χ4v) is 3.36. The summed E-state index contributed by atoms with van der Waals surface area (Å²) in [6.07, 6.45) is 7.02. The molecule has 0 aliphatic heterocycles. The van der Waals surface area contributed by atoms with Gasteiger partial charge in [-0.1, -0.05) is 37.5 Å². The summed E-state index contributed by atoms with van der Waals surface area (Å²) in [5, 5.41) is 3.06. The second-order valence-corrected chi connectivity index (χ2v) is 6.35. The molecule has 1 aromatic heterocycles. The summed E-state index contributed by atoms with van der Waals surface area (Å²) in [6, 6.07) is 4.01. The highest BCUT2D eigenvalue weighted by Gasteiger charge is 2.19. The lowest BCUT2D eigenvalue weighted by Crippen LogP contribution is -2.29. The van der Waals surface area contributed by atoms with Crippen molar-refractivity contribution in [2.45, 2.75) is 45.1 Å². The van der Waals surface area contributed by atoms with Crippen molar-refractivity contribution >= 4 is 17.2 Å². The minimum absolute atomic E-state index is 0.217. The van der Waals surface area contributed by atoms with Gasteiger partial charge in [0.2, 0.25) is 5.91 Å². The van der Waals surface area contributed by atoms with Gasteiger partial charge in [0.25, 0.3) is 0 Å². The van der Waals surface area contributed by atoms with Crippen LogP contribution < -0.4 is 11.1 Å². The van der Waals surface area contributed by atoms with Gasteiger partial charge in [0.05, 0.1) is 18.0 Å². The molecule has 3 nitrogen and oxygen atoms in total. The maximum atomic E-state index is 12.2. The van der Waals surface area contributed by atoms with E-state index in [0.717, 1.165) is 22.6 Å². The Hall–Kier alpha value is -1.31.